The van der Waals surface area contributed by atoms with Crippen molar-refractivity contribution in [1.29, 1.82) is 0 Å². The zero-order chi connectivity index (χ0) is 14.8. The molecule has 1 aromatic carbocycles. The molecule has 0 aliphatic carbocycles. The van der Waals surface area contributed by atoms with E-state index in [1.54, 1.807) is 7.11 Å². The number of hydrogen-bond donors (Lipinski definition) is 2. The molecule has 0 radical (unpaired) electrons. The van der Waals surface area contributed by atoms with Crippen LogP contribution in [-0.2, 0) is 9.47 Å². The Morgan fingerprint density at radius 1 is 1.30 bits per heavy atom. The minimum atomic E-state index is -0.484. The van der Waals surface area contributed by atoms with Gasteiger partial charge in [-0.2, -0.15) is 0 Å². The lowest BCUT2D eigenvalue weighted by molar-refractivity contribution is 0.0644. The molecule has 0 fully saturated rings. The van der Waals surface area contributed by atoms with Gasteiger partial charge in [0.05, 0.1) is 25.4 Å². The lowest BCUT2D eigenvalue weighted by Gasteiger charge is -2.11. The molecule has 0 bridgehead atoms. The van der Waals surface area contributed by atoms with Crippen LogP contribution < -0.4 is 10.5 Å². The monoisotopic (exact) mass is 286 g/mol. The first kappa shape index (κ1) is 16.2. The van der Waals surface area contributed by atoms with E-state index in [1.807, 2.05) is 0 Å². The van der Waals surface area contributed by atoms with E-state index in [1.165, 1.54) is 12.1 Å². The predicted octanol–water partition coefficient (Wildman–Crippen LogP) is 1.35. The van der Waals surface area contributed by atoms with Crippen molar-refractivity contribution >= 4 is 5.84 Å². The zero-order valence-electron chi connectivity index (χ0n) is 11.3. The summed E-state index contributed by atoms with van der Waals surface area (Å²) in [5, 5.41) is 11.5. The Balaban J connectivity index is 2.43. The number of nitrogens with zero attached hydrogens (tertiary/aromatic N) is 1. The second kappa shape index (κ2) is 9.11. The summed E-state index contributed by atoms with van der Waals surface area (Å²) in [6.07, 6.45) is 0.663. The van der Waals surface area contributed by atoms with E-state index < -0.39 is 5.82 Å². The molecule has 1 aromatic rings. The minimum Gasteiger partial charge on any atom is -0.493 e. The Kier molecular flexibility index (Phi) is 7.38. The zero-order valence-corrected chi connectivity index (χ0v) is 11.3. The van der Waals surface area contributed by atoms with Gasteiger partial charge in [0.2, 0.25) is 0 Å². The molecule has 3 N–H and O–H groups in total. The van der Waals surface area contributed by atoms with Gasteiger partial charge < -0.3 is 25.2 Å². The normalized spacial score (nSPS) is 11.6. The standard InChI is InChI=1S/C13H19FN2O4/c1-18-7-8-19-5-2-6-20-12-4-3-10(14)9-11(12)13(15)16-17/h3-4,9,17H,2,5-8H2,1H3,(H2,15,16). The SMILES string of the molecule is COCCOCCCOc1ccc(F)cc1/C(N)=N/O. The molecular weight excluding hydrogens is 267 g/mol. The van der Waals surface area contributed by atoms with Crippen LogP contribution in [0.5, 0.6) is 5.75 Å². The van der Waals surface area contributed by atoms with Gasteiger partial charge in [0, 0.05) is 20.1 Å². The van der Waals surface area contributed by atoms with Crippen molar-refractivity contribution in [2.45, 2.75) is 6.42 Å². The molecule has 0 aliphatic heterocycles. The molecule has 112 valence electrons. The third kappa shape index (κ3) is 5.41. The number of hydrogen-bond acceptors (Lipinski definition) is 5. The van der Waals surface area contributed by atoms with E-state index in [4.69, 9.17) is 25.2 Å². The molecule has 0 heterocycles. The van der Waals surface area contributed by atoms with Crippen molar-refractivity contribution in [2.75, 3.05) is 33.5 Å². The molecule has 0 spiro atoms. The van der Waals surface area contributed by atoms with Gasteiger partial charge in [-0.15, -0.1) is 0 Å². The van der Waals surface area contributed by atoms with E-state index in [0.717, 1.165) is 6.07 Å². The number of nitrogens with two attached hydrogens (primary N) is 1. The molecule has 1 rings (SSSR count). The summed E-state index contributed by atoms with van der Waals surface area (Å²) in [7, 11) is 1.61. The summed E-state index contributed by atoms with van der Waals surface area (Å²) in [5.41, 5.74) is 5.68. The first-order valence-electron chi connectivity index (χ1n) is 6.16. The van der Waals surface area contributed by atoms with Gasteiger partial charge in [-0.1, -0.05) is 5.16 Å². The molecule has 0 unspecified atom stereocenters. The maximum absolute atomic E-state index is 13.1. The van der Waals surface area contributed by atoms with Crippen LogP contribution in [0.4, 0.5) is 4.39 Å². The summed E-state index contributed by atoms with van der Waals surface area (Å²) in [4.78, 5) is 0. The van der Waals surface area contributed by atoms with Crippen LogP contribution in [0.15, 0.2) is 23.4 Å². The maximum Gasteiger partial charge on any atom is 0.173 e. The number of amidine groups is 1. The Labute approximate surface area is 116 Å². The Hall–Kier alpha value is -1.86. The van der Waals surface area contributed by atoms with Crippen molar-refractivity contribution < 1.29 is 23.8 Å². The van der Waals surface area contributed by atoms with E-state index in [2.05, 4.69) is 5.16 Å². The van der Waals surface area contributed by atoms with E-state index >= 15 is 0 Å². The molecule has 0 aliphatic rings. The van der Waals surface area contributed by atoms with Crippen molar-refractivity contribution in [1.82, 2.24) is 0 Å². The summed E-state index contributed by atoms with van der Waals surface area (Å²) in [6.45, 7) is 1.99. The maximum atomic E-state index is 13.1. The van der Waals surface area contributed by atoms with Crippen LogP contribution in [0.2, 0.25) is 0 Å². The van der Waals surface area contributed by atoms with Crippen molar-refractivity contribution in [3.63, 3.8) is 0 Å². The molecule has 0 aromatic heterocycles. The van der Waals surface area contributed by atoms with Crippen molar-refractivity contribution in [3.05, 3.63) is 29.6 Å². The van der Waals surface area contributed by atoms with Crippen LogP contribution in [0, 0.1) is 5.82 Å². The first-order chi connectivity index (χ1) is 9.69. The predicted molar refractivity (Wildman–Crippen MR) is 71.7 cm³/mol. The molecule has 7 heteroatoms. The summed E-state index contributed by atoms with van der Waals surface area (Å²) < 4.78 is 28.7. The number of rotatable bonds is 9. The van der Waals surface area contributed by atoms with Crippen molar-refractivity contribution in [3.8, 4) is 5.75 Å². The highest BCUT2D eigenvalue weighted by Crippen LogP contribution is 2.19. The molecule has 0 saturated heterocycles. The molecule has 20 heavy (non-hydrogen) atoms. The second-order valence-corrected chi connectivity index (χ2v) is 3.93. The van der Waals surface area contributed by atoms with Gasteiger partial charge in [0.25, 0.3) is 0 Å². The van der Waals surface area contributed by atoms with Gasteiger partial charge in [0.15, 0.2) is 5.84 Å². The fraction of sp³-hybridized carbons (Fsp3) is 0.462. The number of ether oxygens (including phenoxy) is 3. The Morgan fingerprint density at radius 2 is 2.10 bits per heavy atom. The second-order valence-electron chi connectivity index (χ2n) is 3.93. The largest absolute Gasteiger partial charge is 0.493 e. The lowest BCUT2D eigenvalue weighted by Crippen LogP contribution is -2.16. The average Bonchev–Trinajstić information content (AvgIpc) is 2.46. The average molecular weight is 286 g/mol. The number of halogens is 1. The van der Waals surface area contributed by atoms with Gasteiger partial charge in [-0.3, -0.25) is 0 Å². The summed E-state index contributed by atoms with van der Waals surface area (Å²) in [6, 6.07) is 3.84. The molecule has 0 atom stereocenters. The minimum absolute atomic E-state index is 0.198. The number of oxime groups is 1. The van der Waals surface area contributed by atoms with Crippen molar-refractivity contribution in [2.24, 2.45) is 10.9 Å². The van der Waals surface area contributed by atoms with Crippen LogP contribution in [0.1, 0.15) is 12.0 Å². The highest BCUT2D eigenvalue weighted by Gasteiger charge is 2.09. The smallest absolute Gasteiger partial charge is 0.173 e. The van der Waals surface area contributed by atoms with Gasteiger partial charge in [-0.25, -0.2) is 4.39 Å². The first-order valence-corrected chi connectivity index (χ1v) is 6.16. The Morgan fingerprint density at radius 3 is 2.80 bits per heavy atom. The summed E-state index contributed by atoms with van der Waals surface area (Å²) >= 11 is 0. The van der Waals surface area contributed by atoms with Crippen LogP contribution in [0.25, 0.3) is 0 Å². The van der Waals surface area contributed by atoms with Gasteiger partial charge in [0.1, 0.15) is 11.6 Å². The summed E-state index contributed by atoms with van der Waals surface area (Å²) in [5.74, 6) is -0.323. The topological polar surface area (TPSA) is 86.3 Å². The van der Waals surface area contributed by atoms with Crippen LogP contribution in [0.3, 0.4) is 0 Å². The highest BCUT2D eigenvalue weighted by molar-refractivity contribution is 5.99. The third-order valence-corrected chi connectivity index (χ3v) is 2.45. The fourth-order valence-corrected chi connectivity index (χ4v) is 1.47. The quantitative estimate of drug-likeness (QED) is 0.235. The van der Waals surface area contributed by atoms with Gasteiger partial charge >= 0.3 is 0 Å². The molecule has 0 amide bonds. The van der Waals surface area contributed by atoms with Crippen LogP contribution in [-0.4, -0.2) is 44.6 Å². The molecular formula is C13H19FN2O4. The Bertz CT molecular complexity index is 440. The number of benzene rings is 1. The lowest BCUT2D eigenvalue weighted by atomic mass is 10.2. The molecule has 0 saturated carbocycles. The molecule has 6 nitrogen and oxygen atoms in total. The van der Waals surface area contributed by atoms with E-state index in [0.29, 0.717) is 38.6 Å². The highest BCUT2D eigenvalue weighted by atomic mass is 19.1. The third-order valence-electron chi connectivity index (χ3n) is 2.45. The van der Waals surface area contributed by atoms with Crippen LogP contribution >= 0.6 is 0 Å². The fourth-order valence-electron chi connectivity index (χ4n) is 1.47. The van der Waals surface area contributed by atoms with E-state index in [9.17, 15) is 4.39 Å². The number of methoxy groups -OCH3 is 1. The van der Waals surface area contributed by atoms with Gasteiger partial charge in [-0.05, 0) is 18.2 Å². The van der Waals surface area contributed by atoms with E-state index in [-0.39, 0.29) is 11.4 Å².